The van der Waals surface area contributed by atoms with Crippen molar-refractivity contribution in [3.05, 3.63) is 0 Å². The van der Waals surface area contributed by atoms with Gasteiger partial charge in [0.1, 0.15) is 26.2 Å². The van der Waals surface area contributed by atoms with Gasteiger partial charge in [-0.3, -0.25) is 4.79 Å². The first-order chi connectivity index (χ1) is 9.11. The summed E-state index contributed by atoms with van der Waals surface area (Å²) in [4.78, 5) is 17.9. The molecule has 0 bridgehead atoms. The molecular weight excluding hydrogens is 238 g/mol. The van der Waals surface area contributed by atoms with Crippen LogP contribution in [0.25, 0.3) is 0 Å². The number of hydrogen-bond donors (Lipinski definition) is 2. The smallest absolute Gasteiger partial charge is 0.280 e. The lowest BCUT2D eigenvalue weighted by Gasteiger charge is -2.36. The van der Waals surface area contributed by atoms with Crippen molar-refractivity contribution >= 4 is 5.91 Å². The van der Waals surface area contributed by atoms with Crippen LogP contribution in [0.4, 0.5) is 0 Å². The summed E-state index contributed by atoms with van der Waals surface area (Å²) in [5.41, 5.74) is 0. The number of hydrogen-bond acceptors (Lipinski definition) is 1. The average molecular weight is 269 g/mol. The average Bonchev–Trinajstić information content (AvgIpc) is 2.46. The number of amides is 1. The van der Waals surface area contributed by atoms with Crippen molar-refractivity contribution in [1.29, 1.82) is 0 Å². The molecule has 0 aromatic carbocycles. The zero-order valence-corrected chi connectivity index (χ0v) is 12.9. The Hall–Kier alpha value is -0.610. The normalized spacial score (nSPS) is 34.1. The molecule has 2 N–H and O–H groups in total. The van der Waals surface area contributed by atoms with Crippen LogP contribution in [0.15, 0.2) is 0 Å². The lowest BCUT2D eigenvalue weighted by Crippen LogP contribution is -3.29. The third-order valence-electron chi connectivity index (χ3n) is 5.05. The summed E-state index contributed by atoms with van der Waals surface area (Å²) >= 11 is 0. The van der Waals surface area contributed by atoms with Crippen LogP contribution in [-0.4, -0.2) is 62.7 Å². The molecular formula is C15H31N3O+2. The van der Waals surface area contributed by atoms with Gasteiger partial charge in [-0.25, -0.2) is 0 Å². The fraction of sp³-hybridized carbons (Fsp3) is 0.933. The van der Waals surface area contributed by atoms with E-state index in [1.54, 1.807) is 4.90 Å². The third-order valence-corrected chi connectivity index (χ3v) is 5.05. The first-order valence-corrected chi connectivity index (χ1v) is 8.08. The van der Waals surface area contributed by atoms with Crippen molar-refractivity contribution < 1.29 is 14.6 Å². The predicted octanol–water partition coefficient (Wildman–Crippen LogP) is -1.56. The van der Waals surface area contributed by atoms with Gasteiger partial charge in [-0.15, -0.1) is 0 Å². The molecule has 2 rings (SSSR count). The Morgan fingerprint density at radius 1 is 1.32 bits per heavy atom. The Bertz CT molecular complexity index is 300. The van der Waals surface area contributed by atoms with Crippen molar-refractivity contribution in [3.8, 4) is 0 Å². The van der Waals surface area contributed by atoms with Gasteiger partial charge in [0.15, 0.2) is 6.04 Å². The van der Waals surface area contributed by atoms with E-state index in [9.17, 15) is 4.79 Å². The van der Waals surface area contributed by atoms with Crippen molar-refractivity contribution in [2.75, 3.05) is 45.8 Å². The van der Waals surface area contributed by atoms with E-state index in [1.165, 1.54) is 37.4 Å². The van der Waals surface area contributed by atoms with Gasteiger partial charge in [-0.1, -0.05) is 6.92 Å². The summed E-state index contributed by atoms with van der Waals surface area (Å²) in [5, 5.41) is 0. The van der Waals surface area contributed by atoms with Gasteiger partial charge in [-0.2, -0.15) is 0 Å². The van der Waals surface area contributed by atoms with Gasteiger partial charge in [0.25, 0.3) is 5.91 Å². The molecule has 110 valence electrons. The number of likely N-dealkylation sites (N-methyl/N-ethyl adjacent to an activating group) is 1. The molecule has 4 nitrogen and oxygen atoms in total. The van der Waals surface area contributed by atoms with E-state index >= 15 is 0 Å². The van der Waals surface area contributed by atoms with Crippen molar-refractivity contribution in [1.82, 2.24) is 4.90 Å². The molecule has 2 saturated heterocycles. The predicted molar refractivity (Wildman–Crippen MR) is 76.4 cm³/mol. The van der Waals surface area contributed by atoms with Gasteiger partial charge in [0.05, 0.1) is 6.54 Å². The minimum atomic E-state index is 0.156. The summed E-state index contributed by atoms with van der Waals surface area (Å²) in [6.45, 7) is 14.6. The largest absolute Gasteiger partial charge is 0.337 e. The molecule has 0 saturated carbocycles. The standard InChI is InChI=1S/C15H29N3O/c1-4-16-8-10-17(11-9-16)14(3)15(19)18-7-5-6-13(2)12-18/h13-14H,4-12H2,1-3H3/p+2/t13-,14-/m1/s1. The quantitative estimate of drug-likeness (QED) is 0.637. The van der Waals surface area contributed by atoms with E-state index in [0.29, 0.717) is 11.8 Å². The maximum Gasteiger partial charge on any atom is 0.280 e. The molecule has 2 heterocycles. The maximum absolute atomic E-state index is 12.6. The molecule has 2 atom stereocenters. The Kier molecular flexibility index (Phi) is 5.22. The Morgan fingerprint density at radius 2 is 2.00 bits per heavy atom. The second kappa shape index (κ2) is 6.71. The Labute approximate surface area is 117 Å². The third kappa shape index (κ3) is 3.69. The van der Waals surface area contributed by atoms with Crippen LogP contribution in [-0.2, 0) is 4.79 Å². The topological polar surface area (TPSA) is 29.2 Å². The highest BCUT2D eigenvalue weighted by molar-refractivity contribution is 5.80. The van der Waals surface area contributed by atoms with Crippen LogP contribution < -0.4 is 9.80 Å². The number of carbonyl (C=O) groups is 1. The van der Waals surface area contributed by atoms with E-state index in [2.05, 4.69) is 25.7 Å². The van der Waals surface area contributed by atoms with Crippen molar-refractivity contribution in [3.63, 3.8) is 0 Å². The highest BCUT2D eigenvalue weighted by Crippen LogP contribution is 2.15. The fourth-order valence-electron chi connectivity index (χ4n) is 3.55. The molecule has 1 amide bonds. The van der Waals surface area contributed by atoms with Gasteiger partial charge >= 0.3 is 0 Å². The van der Waals surface area contributed by atoms with Crippen LogP contribution in [0.1, 0.15) is 33.6 Å². The van der Waals surface area contributed by atoms with Crippen molar-refractivity contribution in [2.45, 2.75) is 39.7 Å². The van der Waals surface area contributed by atoms with Gasteiger partial charge in [-0.05, 0) is 32.6 Å². The Morgan fingerprint density at radius 3 is 2.58 bits per heavy atom. The van der Waals surface area contributed by atoms with E-state index in [0.717, 1.165) is 26.2 Å². The zero-order chi connectivity index (χ0) is 13.8. The fourth-order valence-corrected chi connectivity index (χ4v) is 3.55. The SMILES string of the molecule is CC[NH+]1CC[NH+]([C@H](C)C(=O)N2CCC[C@@H](C)C2)CC1. The van der Waals surface area contributed by atoms with Gasteiger partial charge in [0, 0.05) is 13.1 Å². The lowest BCUT2D eigenvalue weighted by molar-refractivity contribution is -1.02. The summed E-state index contributed by atoms with van der Waals surface area (Å²) in [6.07, 6.45) is 2.46. The first kappa shape index (κ1) is 14.8. The van der Waals surface area contributed by atoms with Crippen LogP contribution >= 0.6 is 0 Å². The van der Waals surface area contributed by atoms with Gasteiger partial charge in [0.2, 0.25) is 0 Å². The Balaban J connectivity index is 1.85. The number of nitrogens with zero attached hydrogens (tertiary/aromatic N) is 1. The van der Waals surface area contributed by atoms with E-state index in [-0.39, 0.29) is 6.04 Å². The number of quaternary nitrogens is 2. The maximum atomic E-state index is 12.6. The number of likely N-dealkylation sites (tertiary alicyclic amines) is 1. The molecule has 4 heteroatoms. The summed E-state index contributed by atoms with van der Waals surface area (Å²) in [5.74, 6) is 1.07. The van der Waals surface area contributed by atoms with Crippen LogP contribution in [0.2, 0.25) is 0 Å². The molecule has 0 unspecified atom stereocenters. The monoisotopic (exact) mass is 269 g/mol. The summed E-state index contributed by atoms with van der Waals surface area (Å²) in [7, 11) is 0. The second-order valence-electron chi connectivity index (χ2n) is 6.52. The second-order valence-corrected chi connectivity index (χ2v) is 6.52. The molecule has 2 aliphatic heterocycles. The molecule has 0 radical (unpaired) electrons. The lowest BCUT2D eigenvalue weighted by atomic mass is 9.99. The van der Waals surface area contributed by atoms with Crippen LogP contribution in [0.5, 0.6) is 0 Å². The number of piperazine rings is 1. The molecule has 2 aliphatic rings. The van der Waals surface area contributed by atoms with E-state index in [1.807, 2.05) is 0 Å². The van der Waals surface area contributed by atoms with Crippen molar-refractivity contribution in [2.24, 2.45) is 5.92 Å². The molecule has 0 aliphatic carbocycles. The zero-order valence-electron chi connectivity index (χ0n) is 12.9. The van der Waals surface area contributed by atoms with E-state index in [4.69, 9.17) is 0 Å². The molecule has 19 heavy (non-hydrogen) atoms. The molecule has 0 aromatic heterocycles. The number of nitrogens with one attached hydrogen (secondary N) is 2. The highest BCUT2D eigenvalue weighted by Gasteiger charge is 2.34. The minimum Gasteiger partial charge on any atom is -0.337 e. The number of carbonyl (C=O) groups excluding carboxylic acids is 1. The number of piperidine rings is 1. The van der Waals surface area contributed by atoms with E-state index < -0.39 is 0 Å². The van der Waals surface area contributed by atoms with Crippen LogP contribution in [0.3, 0.4) is 0 Å². The summed E-state index contributed by atoms with van der Waals surface area (Å²) in [6, 6.07) is 0.156. The molecule has 0 aromatic rings. The van der Waals surface area contributed by atoms with Gasteiger partial charge < -0.3 is 14.7 Å². The molecule has 0 spiro atoms. The minimum absolute atomic E-state index is 0.156. The number of rotatable bonds is 3. The highest BCUT2D eigenvalue weighted by atomic mass is 16.2. The summed E-state index contributed by atoms with van der Waals surface area (Å²) < 4.78 is 0. The van der Waals surface area contributed by atoms with Crippen LogP contribution in [0, 0.1) is 5.92 Å². The molecule has 2 fully saturated rings. The first-order valence-electron chi connectivity index (χ1n) is 8.08.